The standard InChI is InChI=1S/C16H17FN6/c17-13-3-1-2-4-14(13)21-11-5-7-23(8-6-11)16-12-9-20-22-15(12)18-10-19-16/h1-4,9-11,21H,5-8H2,(H,18,19,20,22). The largest absolute Gasteiger partial charge is 0.380 e. The van der Waals surface area contributed by atoms with E-state index in [1.165, 1.54) is 6.07 Å². The molecule has 0 aliphatic carbocycles. The number of hydrogen-bond acceptors (Lipinski definition) is 5. The third-order valence-corrected chi connectivity index (χ3v) is 4.25. The molecule has 1 aromatic carbocycles. The summed E-state index contributed by atoms with van der Waals surface area (Å²) < 4.78 is 13.7. The van der Waals surface area contributed by atoms with Crippen LogP contribution in [0.5, 0.6) is 0 Å². The molecule has 6 nitrogen and oxygen atoms in total. The first-order valence-electron chi connectivity index (χ1n) is 7.71. The fourth-order valence-electron chi connectivity index (χ4n) is 3.04. The number of halogens is 1. The molecule has 1 aliphatic rings. The number of benzene rings is 1. The summed E-state index contributed by atoms with van der Waals surface area (Å²) in [6.45, 7) is 1.73. The van der Waals surface area contributed by atoms with Crippen molar-refractivity contribution in [2.45, 2.75) is 18.9 Å². The first-order chi connectivity index (χ1) is 11.3. The predicted octanol–water partition coefficient (Wildman–Crippen LogP) is 2.57. The second kappa shape index (κ2) is 5.83. The zero-order valence-corrected chi connectivity index (χ0v) is 12.5. The van der Waals surface area contributed by atoms with Crippen LogP contribution in [0.3, 0.4) is 0 Å². The van der Waals surface area contributed by atoms with Gasteiger partial charge in [-0.2, -0.15) is 5.10 Å². The Labute approximate surface area is 132 Å². The number of fused-ring (bicyclic) bond motifs is 1. The molecule has 1 aliphatic heterocycles. The maximum atomic E-state index is 13.7. The van der Waals surface area contributed by atoms with Gasteiger partial charge in [-0.15, -0.1) is 0 Å². The van der Waals surface area contributed by atoms with Gasteiger partial charge >= 0.3 is 0 Å². The molecule has 1 fully saturated rings. The normalized spacial score (nSPS) is 16.0. The molecule has 3 heterocycles. The van der Waals surface area contributed by atoms with Crippen LogP contribution in [0.4, 0.5) is 15.9 Å². The van der Waals surface area contributed by atoms with Gasteiger partial charge in [-0.3, -0.25) is 5.10 Å². The summed E-state index contributed by atoms with van der Waals surface area (Å²) in [6, 6.07) is 7.07. The second-order valence-corrected chi connectivity index (χ2v) is 5.72. The third-order valence-electron chi connectivity index (χ3n) is 4.25. The van der Waals surface area contributed by atoms with E-state index in [-0.39, 0.29) is 11.9 Å². The maximum absolute atomic E-state index is 13.7. The van der Waals surface area contributed by atoms with Crippen molar-refractivity contribution in [2.24, 2.45) is 0 Å². The Kier molecular flexibility index (Phi) is 3.53. The van der Waals surface area contributed by atoms with Crippen LogP contribution in [0.1, 0.15) is 12.8 Å². The predicted molar refractivity (Wildman–Crippen MR) is 86.9 cm³/mol. The van der Waals surface area contributed by atoms with Gasteiger partial charge in [0.15, 0.2) is 5.65 Å². The van der Waals surface area contributed by atoms with Crippen molar-refractivity contribution in [1.29, 1.82) is 0 Å². The van der Waals surface area contributed by atoms with E-state index in [2.05, 4.69) is 30.4 Å². The van der Waals surface area contributed by atoms with Gasteiger partial charge < -0.3 is 10.2 Å². The lowest BCUT2D eigenvalue weighted by molar-refractivity contribution is 0.520. The Hall–Kier alpha value is -2.70. The number of H-pyrrole nitrogens is 1. The monoisotopic (exact) mass is 312 g/mol. The topological polar surface area (TPSA) is 69.7 Å². The molecule has 0 bridgehead atoms. The highest BCUT2D eigenvalue weighted by Crippen LogP contribution is 2.25. The molecular formula is C16H17FN6. The molecule has 23 heavy (non-hydrogen) atoms. The smallest absolute Gasteiger partial charge is 0.160 e. The van der Waals surface area contributed by atoms with E-state index in [1.807, 2.05) is 6.07 Å². The van der Waals surface area contributed by atoms with Crippen molar-refractivity contribution in [3.05, 3.63) is 42.6 Å². The summed E-state index contributed by atoms with van der Waals surface area (Å²) >= 11 is 0. The Morgan fingerprint density at radius 2 is 2.00 bits per heavy atom. The third kappa shape index (κ3) is 2.69. The van der Waals surface area contributed by atoms with Crippen LogP contribution in [-0.2, 0) is 0 Å². The number of hydrogen-bond donors (Lipinski definition) is 2. The fraction of sp³-hybridized carbons (Fsp3) is 0.312. The van der Waals surface area contributed by atoms with Gasteiger partial charge in [-0.1, -0.05) is 12.1 Å². The van der Waals surface area contributed by atoms with Crippen LogP contribution in [0, 0.1) is 5.82 Å². The van der Waals surface area contributed by atoms with Crippen LogP contribution in [0.15, 0.2) is 36.8 Å². The van der Waals surface area contributed by atoms with Gasteiger partial charge in [0, 0.05) is 19.1 Å². The molecular weight excluding hydrogens is 295 g/mol. The van der Waals surface area contributed by atoms with Gasteiger partial charge in [0.05, 0.1) is 17.3 Å². The molecule has 0 spiro atoms. The number of para-hydroxylation sites is 1. The Morgan fingerprint density at radius 3 is 2.83 bits per heavy atom. The van der Waals surface area contributed by atoms with Crippen molar-refractivity contribution in [2.75, 3.05) is 23.3 Å². The molecule has 0 unspecified atom stereocenters. The first-order valence-corrected chi connectivity index (χ1v) is 7.71. The number of piperidine rings is 1. The molecule has 0 atom stereocenters. The molecule has 7 heteroatoms. The number of anilines is 2. The minimum atomic E-state index is -0.203. The Bertz CT molecular complexity index is 809. The zero-order chi connectivity index (χ0) is 15.6. The number of aromatic nitrogens is 4. The zero-order valence-electron chi connectivity index (χ0n) is 12.5. The van der Waals surface area contributed by atoms with Crippen LogP contribution in [0.2, 0.25) is 0 Å². The van der Waals surface area contributed by atoms with E-state index >= 15 is 0 Å². The average Bonchev–Trinajstić information content (AvgIpc) is 3.06. The van der Waals surface area contributed by atoms with Crippen molar-refractivity contribution >= 4 is 22.5 Å². The molecule has 2 N–H and O–H groups in total. The summed E-state index contributed by atoms with van der Waals surface area (Å²) in [5, 5.41) is 11.1. The van der Waals surface area contributed by atoms with Gasteiger partial charge in [0.2, 0.25) is 0 Å². The van der Waals surface area contributed by atoms with Crippen LogP contribution >= 0.6 is 0 Å². The summed E-state index contributed by atoms with van der Waals surface area (Å²) in [5.74, 6) is 0.707. The molecule has 2 aromatic heterocycles. The minimum absolute atomic E-state index is 0.203. The van der Waals surface area contributed by atoms with Crippen molar-refractivity contribution < 1.29 is 4.39 Å². The van der Waals surface area contributed by atoms with E-state index < -0.39 is 0 Å². The second-order valence-electron chi connectivity index (χ2n) is 5.72. The number of rotatable bonds is 3. The highest BCUT2D eigenvalue weighted by molar-refractivity contribution is 5.86. The molecule has 0 radical (unpaired) electrons. The average molecular weight is 312 g/mol. The SMILES string of the molecule is Fc1ccccc1NC1CCN(c2ncnc3[nH]ncc23)CC1. The molecule has 4 rings (SSSR count). The highest BCUT2D eigenvalue weighted by atomic mass is 19.1. The van der Waals surface area contributed by atoms with Gasteiger partial charge in [-0.25, -0.2) is 14.4 Å². The molecule has 118 valence electrons. The molecule has 0 saturated carbocycles. The van der Waals surface area contributed by atoms with E-state index in [9.17, 15) is 4.39 Å². The minimum Gasteiger partial charge on any atom is -0.380 e. The van der Waals surface area contributed by atoms with Gasteiger partial charge in [0.1, 0.15) is 18.0 Å². The molecule has 0 amide bonds. The summed E-state index contributed by atoms with van der Waals surface area (Å²) in [5.41, 5.74) is 1.33. The maximum Gasteiger partial charge on any atom is 0.160 e. The van der Waals surface area contributed by atoms with Crippen LogP contribution < -0.4 is 10.2 Å². The summed E-state index contributed by atoms with van der Waals surface area (Å²) in [4.78, 5) is 10.8. The van der Waals surface area contributed by atoms with E-state index in [1.54, 1.807) is 24.7 Å². The summed E-state index contributed by atoms with van der Waals surface area (Å²) in [7, 11) is 0. The quantitative estimate of drug-likeness (QED) is 0.778. The molecule has 3 aromatic rings. The first kappa shape index (κ1) is 13.9. The number of aromatic amines is 1. The van der Waals surface area contributed by atoms with E-state index in [4.69, 9.17) is 0 Å². The molecule has 1 saturated heterocycles. The van der Waals surface area contributed by atoms with Crippen molar-refractivity contribution in [3.63, 3.8) is 0 Å². The van der Waals surface area contributed by atoms with Gasteiger partial charge in [0.25, 0.3) is 0 Å². The van der Waals surface area contributed by atoms with Crippen LogP contribution in [0.25, 0.3) is 11.0 Å². The van der Waals surface area contributed by atoms with E-state index in [0.29, 0.717) is 5.69 Å². The lowest BCUT2D eigenvalue weighted by atomic mass is 10.0. The number of nitrogens with one attached hydrogen (secondary N) is 2. The van der Waals surface area contributed by atoms with Crippen molar-refractivity contribution in [1.82, 2.24) is 20.2 Å². The highest BCUT2D eigenvalue weighted by Gasteiger charge is 2.22. The van der Waals surface area contributed by atoms with Crippen LogP contribution in [-0.4, -0.2) is 39.3 Å². The lowest BCUT2D eigenvalue weighted by Crippen LogP contribution is -2.39. The van der Waals surface area contributed by atoms with Crippen molar-refractivity contribution in [3.8, 4) is 0 Å². The number of nitrogens with zero attached hydrogens (tertiary/aromatic N) is 4. The Balaban J connectivity index is 1.45. The fourth-order valence-corrected chi connectivity index (χ4v) is 3.04. The van der Waals surface area contributed by atoms with E-state index in [0.717, 1.165) is 42.8 Å². The summed E-state index contributed by atoms with van der Waals surface area (Å²) in [6.07, 6.45) is 5.17. The Morgan fingerprint density at radius 1 is 1.17 bits per heavy atom. The van der Waals surface area contributed by atoms with Gasteiger partial charge in [-0.05, 0) is 25.0 Å². The lowest BCUT2D eigenvalue weighted by Gasteiger charge is -2.33.